The van der Waals surface area contributed by atoms with Gasteiger partial charge in [-0.3, -0.25) is 4.79 Å². The Kier molecular flexibility index (Phi) is 5.68. The van der Waals surface area contributed by atoms with E-state index in [4.69, 9.17) is 9.47 Å². The molecule has 2 heterocycles. The molecule has 2 aliphatic heterocycles. The topological polar surface area (TPSA) is 57.0 Å². The number of quaternary nitrogens is 1. The average molecular weight is 492 g/mol. The quantitative estimate of drug-likeness (QED) is 0.405. The fraction of sp³-hybridized carbons (Fsp3) is 0.364. The average Bonchev–Trinajstić information content (AvgIpc) is 2.92. The lowest BCUT2D eigenvalue weighted by Crippen LogP contribution is -3.16. The first-order valence-electron chi connectivity index (χ1n) is 9.59. The highest BCUT2D eigenvalue weighted by molar-refractivity contribution is 14.1. The fourth-order valence-corrected chi connectivity index (χ4v) is 4.85. The van der Waals surface area contributed by atoms with Crippen molar-refractivity contribution in [1.29, 1.82) is 0 Å². The number of piperidine rings is 1. The van der Waals surface area contributed by atoms with E-state index in [0.717, 1.165) is 16.4 Å². The summed E-state index contributed by atoms with van der Waals surface area (Å²) < 4.78 is 12.6. The molecule has 1 N–H and O–H groups in total. The molecule has 0 aromatic heterocycles. The molecule has 2 saturated heterocycles. The smallest absolute Gasteiger partial charge is 0.338 e. The van der Waals surface area contributed by atoms with E-state index in [-0.39, 0.29) is 18.0 Å². The Morgan fingerprint density at radius 3 is 2.46 bits per heavy atom. The number of hydrogen-bond acceptors (Lipinski definition) is 4. The molecule has 2 bridgehead atoms. The number of carbonyl (C=O) groups is 2. The molecule has 0 saturated carbocycles. The van der Waals surface area contributed by atoms with E-state index in [2.05, 4.69) is 29.6 Å². The van der Waals surface area contributed by atoms with Gasteiger partial charge in [0, 0.05) is 22.8 Å². The minimum absolute atomic E-state index is 0.115. The molecule has 2 fully saturated rings. The minimum atomic E-state index is -0.454. The molecule has 0 aliphatic carbocycles. The molecule has 2 aromatic rings. The maximum absolute atomic E-state index is 13.0. The van der Waals surface area contributed by atoms with E-state index in [1.807, 2.05) is 30.3 Å². The summed E-state index contributed by atoms with van der Waals surface area (Å²) in [5.74, 6) is -0.617. The van der Waals surface area contributed by atoms with Crippen molar-refractivity contribution in [1.82, 2.24) is 0 Å². The summed E-state index contributed by atoms with van der Waals surface area (Å²) in [5.41, 5.74) is 0.509. The largest absolute Gasteiger partial charge is 0.457 e. The maximum Gasteiger partial charge on any atom is 0.338 e. The SMILES string of the molecule is C[NH+]1[C@H]2CC[C@@H]1[C@@H](C(=O)Oc1ccccc1)[C@@H](OC(=O)c1ccc(I)cc1)C2. The first-order valence-corrected chi connectivity index (χ1v) is 10.7. The molecule has 2 aromatic carbocycles. The number of benzene rings is 2. The van der Waals surface area contributed by atoms with Crippen LogP contribution in [0.3, 0.4) is 0 Å². The van der Waals surface area contributed by atoms with Crippen molar-refractivity contribution >= 4 is 34.5 Å². The molecule has 2 aliphatic rings. The van der Waals surface area contributed by atoms with Crippen molar-refractivity contribution in [3.05, 3.63) is 63.7 Å². The van der Waals surface area contributed by atoms with E-state index in [1.165, 1.54) is 4.90 Å². The van der Waals surface area contributed by atoms with Gasteiger partial charge in [-0.15, -0.1) is 0 Å². The highest BCUT2D eigenvalue weighted by atomic mass is 127. The zero-order valence-electron chi connectivity index (χ0n) is 15.6. The van der Waals surface area contributed by atoms with Crippen molar-refractivity contribution in [2.24, 2.45) is 5.92 Å². The minimum Gasteiger partial charge on any atom is -0.457 e. The first kappa shape index (κ1) is 19.4. The number of para-hydroxylation sites is 1. The number of nitrogens with one attached hydrogen (secondary N) is 1. The number of halogens is 1. The molecular weight excluding hydrogens is 469 g/mol. The van der Waals surface area contributed by atoms with Gasteiger partial charge in [0.25, 0.3) is 0 Å². The van der Waals surface area contributed by atoms with Gasteiger partial charge in [-0.25, -0.2) is 4.79 Å². The Labute approximate surface area is 178 Å². The molecule has 28 heavy (non-hydrogen) atoms. The van der Waals surface area contributed by atoms with E-state index in [1.54, 1.807) is 24.3 Å². The molecule has 0 amide bonds. The highest BCUT2D eigenvalue weighted by Gasteiger charge is 2.54. The van der Waals surface area contributed by atoms with Crippen molar-refractivity contribution in [2.45, 2.75) is 37.5 Å². The van der Waals surface area contributed by atoms with Gasteiger partial charge in [0.05, 0.1) is 18.7 Å². The number of fused-ring (bicyclic) bond motifs is 2. The molecule has 1 unspecified atom stereocenters. The zero-order valence-corrected chi connectivity index (χ0v) is 17.8. The molecule has 5 nitrogen and oxygen atoms in total. The normalized spacial score (nSPS) is 28.6. The summed E-state index contributed by atoms with van der Waals surface area (Å²) in [7, 11) is 2.13. The van der Waals surface area contributed by atoms with E-state index in [0.29, 0.717) is 23.8 Å². The third-order valence-electron chi connectivity index (χ3n) is 5.98. The predicted molar refractivity (Wildman–Crippen MR) is 112 cm³/mol. The van der Waals surface area contributed by atoms with Crippen LogP contribution in [-0.2, 0) is 9.53 Å². The van der Waals surface area contributed by atoms with Gasteiger partial charge in [-0.2, -0.15) is 0 Å². The van der Waals surface area contributed by atoms with E-state index in [9.17, 15) is 9.59 Å². The lowest BCUT2D eigenvalue weighted by atomic mass is 9.87. The number of ether oxygens (including phenoxy) is 2. The molecular formula is C22H23INO4+. The summed E-state index contributed by atoms with van der Waals surface area (Å²) in [4.78, 5) is 27.1. The van der Waals surface area contributed by atoms with Crippen molar-refractivity contribution in [3.63, 3.8) is 0 Å². The van der Waals surface area contributed by atoms with Crippen LogP contribution in [0.25, 0.3) is 0 Å². The van der Waals surface area contributed by atoms with E-state index < -0.39 is 12.0 Å². The van der Waals surface area contributed by atoms with Crippen LogP contribution >= 0.6 is 22.6 Å². The van der Waals surface area contributed by atoms with Gasteiger partial charge in [-0.1, -0.05) is 18.2 Å². The third kappa shape index (κ3) is 3.93. The van der Waals surface area contributed by atoms with Crippen LogP contribution in [0.15, 0.2) is 54.6 Å². The van der Waals surface area contributed by atoms with Gasteiger partial charge in [-0.05, 0) is 59.0 Å². The Morgan fingerprint density at radius 1 is 1.04 bits per heavy atom. The Bertz CT molecular complexity index is 855. The van der Waals surface area contributed by atoms with Crippen LogP contribution in [0.1, 0.15) is 29.6 Å². The predicted octanol–water partition coefficient (Wildman–Crippen LogP) is 2.49. The molecule has 146 valence electrons. The van der Waals surface area contributed by atoms with Gasteiger partial charge >= 0.3 is 11.9 Å². The molecule has 6 heteroatoms. The first-order chi connectivity index (χ1) is 13.5. The zero-order chi connectivity index (χ0) is 19.7. The molecule has 5 atom stereocenters. The second kappa shape index (κ2) is 8.21. The Morgan fingerprint density at radius 2 is 1.75 bits per heavy atom. The van der Waals surface area contributed by atoms with Crippen LogP contribution in [0.5, 0.6) is 5.75 Å². The summed E-state index contributed by atoms with van der Waals surface area (Å²) in [6, 6.07) is 16.9. The second-order valence-electron chi connectivity index (χ2n) is 7.57. The second-order valence-corrected chi connectivity index (χ2v) is 8.82. The summed E-state index contributed by atoms with van der Waals surface area (Å²) in [6.45, 7) is 0. The highest BCUT2D eigenvalue weighted by Crippen LogP contribution is 2.32. The summed E-state index contributed by atoms with van der Waals surface area (Å²) >= 11 is 2.20. The lowest BCUT2D eigenvalue weighted by molar-refractivity contribution is -0.926. The summed E-state index contributed by atoms with van der Waals surface area (Å²) in [6.07, 6.45) is 2.22. The van der Waals surface area contributed by atoms with E-state index >= 15 is 0 Å². The Balaban J connectivity index is 1.54. The number of carbonyl (C=O) groups excluding carboxylic acids is 2. The number of rotatable bonds is 4. The fourth-order valence-electron chi connectivity index (χ4n) is 4.49. The monoisotopic (exact) mass is 492 g/mol. The van der Waals surface area contributed by atoms with Gasteiger partial charge < -0.3 is 14.4 Å². The Hall–Kier alpha value is -1.93. The van der Waals surface area contributed by atoms with Gasteiger partial charge in [0.15, 0.2) is 0 Å². The van der Waals surface area contributed by atoms with Crippen LogP contribution in [0.2, 0.25) is 0 Å². The van der Waals surface area contributed by atoms with Crippen molar-refractivity contribution < 1.29 is 24.0 Å². The van der Waals surface area contributed by atoms with Gasteiger partial charge in [0.1, 0.15) is 23.8 Å². The van der Waals surface area contributed by atoms with Gasteiger partial charge in [0.2, 0.25) is 0 Å². The third-order valence-corrected chi connectivity index (χ3v) is 6.70. The molecule has 0 radical (unpaired) electrons. The van der Waals surface area contributed by atoms with Crippen molar-refractivity contribution in [2.75, 3.05) is 7.05 Å². The summed E-state index contributed by atoms with van der Waals surface area (Å²) in [5, 5.41) is 0. The van der Waals surface area contributed by atoms with Crippen LogP contribution in [0.4, 0.5) is 0 Å². The number of esters is 2. The lowest BCUT2D eigenvalue weighted by Gasteiger charge is -2.38. The van der Waals surface area contributed by atoms with Crippen LogP contribution in [-0.4, -0.2) is 37.2 Å². The van der Waals surface area contributed by atoms with Crippen molar-refractivity contribution in [3.8, 4) is 5.75 Å². The van der Waals surface area contributed by atoms with Crippen LogP contribution in [0, 0.1) is 9.49 Å². The van der Waals surface area contributed by atoms with Crippen LogP contribution < -0.4 is 9.64 Å². The number of hydrogen-bond donors (Lipinski definition) is 1. The maximum atomic E-state index is 13.0. The molecule has 0 spiro atoms. The standard InChI is InChI=1S/C22H22INO4/c1-24-16-11-12-18(24)20(22(26)27-17-5-3-2-4-6-17)19(13-16)28-21(25)14-7-9-15(23)10-8-14/h2-10,16,18-20H,11-13H2,1H3/p+1/t16-,18+,19-,20+/m0/s1. The molecule has 4 rings (SSSR count).